The summed E-state index contributed by atoms with van der Waals surface area (Å²) < 4.78 is 4.93. The molecule has 2 aromatic rings. The lowest BCUT2D eigenvalue weighted by Crippen LogP contribution is -2.42. The Hall–Kier alpha value is -2.34. The summed E-state index contributed by atoms with van der Waals surface area (Å²) in [4.78, 5) is 13.9. The lowest BCUT2D eigenvalue weighted by atomic mass is 9.87. The van der Waals surface area contributed by atoms with Gasteiger partial charge in [-0.2, -0.15) is 0 Å². The lowest BCUT2D eigenvalue weighted by Gasteiger charge is -2.34. The second kappa shape index (κ2) is 6.83. The molecule has 0 aliphatic carbocycles. The predicted molar refractivity (Wildman–Crippen MR) is 86.0 cm³/mol. The van der Waals surface area contributed by atoms with Crippen molar-refractivity contribution >= 4 is 11.8 Å². The van der Waals surface area contributed by atoms with Crippen LogP contribution in [-0.2, 0) is 0 Å². The Balaban J connectivity index is 1.53. The Morgan fingerprint density at radius 2 is 2.04 bits per heavy atom. The fourth-order valence-corrected chi connectivity index (χ4v) is 2.95. The molecular formula is C17H21N3O3. The summed E-state index contributed by atoms with van der Waals surface area (Å²) in [5.41, 5.74) is 0.938. The van der Waals surface area contributed by atoms with Gasteiger partial charge < -0.3 is 14.5 Å². The molecule has 1 saturated heterocycles. The summed E-state index contributed by atoms with van der Waals surface area (Å²) >= 11 is 0. The van der Waals surface area contributed by atoms with Crippen LogP contribution < -0.4 is 5.32 Å². The third-order valence-corrected chi connectivity index (χ3v) is 4.28. The summed E-state index contributed by atoms with van der Waals surface area (Å²) in [6.07, 6.45) is 1.09. The molecule has 0 spiro atoms. The zero-order valence-corrected chi connectivity index (χ0v) is 13.1. The quantitative estimate of drug-likeness (QED) is 0.912. The van der Waals surface area contributed by atoms with Crippen LogP contribution in [-0.4, -0.2) is 34.3 Å². The topological polar surface area (TPSA) is 78.6 Å². The number of hydrogen-bond donors (Lipinski definition) is 2. The maximum atomic E-state index is 12.2. The molecule has 1 fully saturated rings. The number of aliphatic hydroxyl groups excluding tert-OH is 1. The van der Waals surface area contributed by atoms with Gasteiger partial charge in [0.25, 0.3) is 0 Å². The van der Waals surface area contributed by atoms with Crippen molar-refractivity contribution < 1.29 is 14.4 Å². The number of carbonyl (C=O) groups is 1. The van der Waals surface area contributed by atoms with E-state index in [0.29, 0.717) is 24.7 Å². The average molecular weight is 315 g/mol. The molecule has 0 radical (unpaired) electrons. The molecule has 1 aliphatic heterocycles. The first-order chi connectivity index (χ1) is 11.1. The highest BCUT2D eigenvalue weighted by atomic mass is 16.5. The number of piperidine rings is 1. The summed E-state index contributed by atoms with van der Waals surface area (Å²) in [6.45, 7) is 3.02. The van der Waals surface area contributed by atoms with E-state index in [1.54, 1.807) is 17.9 Å². The van der Waals surface area contributed by atoms with Crippen LogP contribution in [0.25, 0.3) is 0 Å². The van der Waals surface area contributed by atoms with Crippen LogP contribution in [0, 0.1) is 12.8 Å². The van der Waals surface area contributed by atoms with Crippen molar-refractivity contribution in [3.8, 4) is 0 Å². The molecule has 2 heterocycles. The molecule has 3 rings (SSSR count). The van der Waals surface area contributed by atoms with Gasteiger partial charge in [0.2, 0.25) is 0 Å². The molecule has 0 unspecified atom stereocenters. The number of amides is 2. The normalized spacial score (nSPS) is 17.0. The Morgan fingerprint density at radius 3 is 2.65 bits per heavy atom. The van der Waals surface area contributed by atoms with E-state index in [4.69, 9.17) is 4.52 Å². The largest absolute Gasteiger partial charge is 0.388 e. The van der Waals surface area contributed by atoms with E-state index in [0.717, 1.165) is 18.4 Å². The number of likely N-dealkylation sites (tertiary alicyclic amines) is 1. The van der Waals surface area contributed by atoms with Crippen LogP contribution >= 0.6 is 0 Å². The maximum absolute atomic E-state index is 12.2. The Kier molecular flexibility index (Phi) is 4.62. The monoisotopic (exact) mass is 315 g/mol. The SMILES string of the molecule is Cc1cc(NC(=O)N2CCC([C@@H](O)c3ccccc3)CC2)no1. The second-order valence-corrected chi connectivity index (χ2v) is 5.93. The van der Waals surface area contributed by atoms with Gasteiger partial charge in [-0.15, -0.1) is 0 Å². The number of aryl methyl sites for hydroxylation is 1. The molecule has 23 heavy (non-hydrogen) atoms. The number of carbonyl (C=O) groups excluding carboxylic acids is 1. The number of anilines is 1. The summed E-state index contributed by atoms with van der Waals surface area (Å²) in [5.74, 6) is 1.26. The van der Waals surface area contributed by atoms with Gasteiger partial charge in [-0.25, -0.2) is 4.79 Å². The third-order valence-electron chi connectivity index (χ3n) is 4.28. The highest BCUT2D eigenvalue weighted by molar-refractivity contribution is 5.88. The third kappa shape index (κ3) is 3.71. The van der Waals surface area contributed by atoms with Crippen molar-refractivity contribution in [1.82, 2.24) is 10.1 Å². The minimum atomic E-state index is -0.473. The van der Waals surface area contributed by atoms with Gasteiger partial charge in [0.1, 0.15) is 5.76 Å². The van der Waals surface area contributed by atoms with E-state index in [1.165, 1.54) is 0 Å². The van der Waals surface area contributed by atoms with Gasteiger partial charge in [-0.3, -0.25) is 5.32 Å². The van der Waals surface area contributed by atoms with Crippen molar-refractivity contribution in [2.45, 2.75) is 25.9 Å². The van der Waals surface area contributed by atoms with Crippen LogP contribution in [0.4, 0.5) is 10.6 Å². The van der Waals surface area contributed by atoms with Crippen LogP contribution in [0.5, 0.6) is 0 Å². The maximum Gasteiger partial charge on any atom is 0.323 e. The Morgan fingerprint density at radius 1 is 1.35 bits per heavy atom. The van der Waals surface area contributed by atoms with Crippen molar-refractivity contribution in [3.63, 3.8) is 0 Å². The fourth-order valence-electron chi connectivity index (χ4n) is 2.95. The number of nitrogens with zero attached hydrogens (tertiary/aromatic N) is 2. The molecule has 2 N–H and O–H groups in total. The number of rotatable bonds is 3. The second-order valence-electron chi connectivity index (χ2n) is 5.93. The molecule has 1 atom stereocenters. The number of aliphatic hydroxyl groups is 1. The first kappa shape index (κ1) is 15.6. The number of benzene rings is 1. The van der Waals surface area contributed by atoms with Gasteiger partial charge in [0, 0.05) is 19.2 Å². The van der Waals surface area contributed by atoms with E-state index in [1.807, 2.05) is 30.3 Å². The zero-order chi connectivity index (χ0) is 16.2. The van der Waals surface area contributed by atoms with E-state index < -0.39 is 6.10 Å². The molecular weight excluding hydrogens is 294 g/mol. The molecule has 6 nitrogen and oxygen atoms in total. The van der Waals surface area contributed by atoms with Gasteiger partial charge in [-0.1, -0.05) is 35.5 Å². The van der Waals surface area contributed by atoms with Crippen LogP contribution in [0.15, 0.2) is 40.9 Å². The average Bonchev–Trinajstić information content (AvgIpc) is 3.00. The highest BCUT2D eigenvalue weighted by Gasteiger charge is 2.28. The molecule has 122 valence electrons. The van der Waals surface area contributed by atoms with Gasteiger partial charge >= 0.3 is 6.03 Å². The summed E-state index contributed by atoms with van der Waals surface area (Å²) in [5, 5.41) is 17.0. The van der Waals surface area contributed by atoms with Crippen molar-refractivity contribution in [3.05, 3.63) is 47.7 Å². The van der Waals surface area contributed by atoms with E-state index in [-0.39, 0.29) is 11.9 Å². The Labute approximate surface area is 135 Å². The number of hydrogen-bond acceptors (Lipinski definition) is 4. The molecule has 2 amide bonds. The molecule has 0 saturated carbocycles. The van der Waals surface area contributed by atoms with Gasteiger partial charge in [-0.05, 0) is 31.2 Å². The van der Waals surface area contributed by atoms with E-state index in [9.17, 15) is 9.90 Å². The molecule has 0 bridgehead atoms. The summed E-state index contributed by atoms with van der Waals surface area (Å²) in [6, 6.07) is 11.2. The molecule has 1 aliphatic rings. The predicted octanol–water partition coefficient (Wildman–Crippen LogP) is 2.96. The first-order valence-corrected chi connectivity index (χ1v) is 7.86. The minimum absolute atomic E-state index is 0.175. The Bertz CT molecular complexity index is 648. The number of urea groups is 1. The van der Waals surface area contributed by atoms with Crippen LogP contribution in [0.2, 0.25) is 0 Å². The first-order valence-electron chi connectivity index (χ1n) is 7.86. The standard InChI is InChI=1S/C17H21N3O3/c1-12-11-15(19-23-12)18-17(22)20-9-7-14(8-10-20)16(21)13-5-3-2-4-6-13/h2-6,11,14,16,21H,7-10H2,1H3,(H,18,19,22)/t16-/m0/s1. The van der Waals surface area contributed by atoms with Crippen molar-refractivity contribution in [2.24, 2.45) is 5.92 Å². The zero-order valence-electron chi connectivity index (χ0n) is 13.1. The van der Waals surface area contributed by atoms with Gasteiger partial charge in [0.15, 0.2) is 5.82 Å². The molecule has 1 aromatic heterocycles. The van der Waals surface area contributed by atoms with Crippen molar-refractivity contribution in [2.75, 3.05) is 18.4 Å². The minimum Gasteiger partial charge on any atom is -0.388 e. The molecule has 6 heteroatoms. The fraction of sp³-hybridized carbons (Fsp3) is 0.412. The van der Waals surface area contributed by atoms with E-state index in [2.05, 4.69) is 10.5 Å². The molecule has 1 aromatic carbocycles. The number of aromatic nitrogens is 1. The van der Waals surface area contributed by atoms with Crippen LogP contribution in [0.3, 0.4) is 0 Å². The smallest absolute Gasteiger partial charge is 0.323 e. The van der Waals surface area contributed by atoms with Crippen LogP contribution in [0.1, 0.15) is 30.3 Å². The lowest BCUT2D eigenvalue weighted by molar-refractivity contribution is 0.0683. The number of nitrogens with one attached hydrogen (secondary N) is 1. The van der Waals surface area contributed by atoms with Gasteiger partial charge in [0.05, 0.1) is 6.10 Å². The highest BCUT2D eigenvalue weighted by Crippen LogP contribution is 2.30. The summed E-state index contributed by atoms with van der Waals surface area (Å²) in [7, 11) is 0. The van der Waals surface area contributed by atoms with Crippen molar-refractivity contribution in [1.29, 1.82) is 0 Å². The van der Waals surface area contributed by atoms with E-state index >= 15 is 0 Å².